The maximum absolute atomic E-state index is 2.34. The quantitative estimate of drug-likeness (QED) is 0.567. The number of hydrogen-bond donors (Lipinski definition) is 0. The van der Waals surface area contributed by atoms with E-state index in [9.17, 15) is 0 Å². The Morgan fingerprint density at radius 2 is 1.91 bits per heavy atom. The minimum Gasteiger partial charge on any atom is -0.0654 e. The third-order valence-electron chi connectivity index (χ3n) is 4.63. The number of rotatable bonds is 2. The second-order valence-electron chi connectivity index (χ2n) is 5.02. The van der Waals surface area contributed by atoms with Crippen molar-refractivity contribution in [2.75, 3.05) is 0 Å². The minimum absolute atomic E-state index is 1.17. The first-order valence-corrected chi connectivity index (χ1v) is 5.40. The van der Waals surface area contributed by atoms with E-state index in [-0.39, 0.29) is 0 Å². The summed E-state index contributed by atoms with van der Waals surface area (Å²) in [6.45, 7) is 2.34. The Hall–Kier alpha value is 0. The van der Waals surface area contributed by atoms with Crippen LogP contribution in [0.1, 0.15) is 39.0 Å². The van der Waals surface area contributed by atoms with E-state index in [0.717, 1.165) is 0 Å². The molecule has 0 amide bonds. The van der Waals surface area contributed by atoms with Crippen molar-refractivity contribution in [1.82, 2.24) is 0 Å². The van der Waals surface area contributed by atoms with Crippen molar-refractivity contribution in [2.45, 2.75) is 39.0 Å². The zero-order chi connectivity index (χ0) is 7.42. The van der Waals surface area contributed by atoms with Crippen molar-refractivity contribution in [3.63, 3.8) is 0 Å². The molecule has 0 heteroatoms. The van der Waals surface area contributed by atoms with Crippen LogP contribution in [0, 0.1) is 29.6 Å². The maximum Gasteiger partial charge on any atom is -0.0326 e. The van der Waals surface area contributed by atoms with E-state index in [2.05, 4.69) is 6.92 Å². The fraction of sp³-hybridized carbons (Fsp3) is 1.00. The lowest BCUT2D eigenvalue weighted by atomic mass is 9.65. The lowest BCUT2D eigenvalue weighted by Gasteiger charge is -2.40. The highest BCUT2D eigenvalue weighted by molar-refractivity contribution is 5.09. The highest BCUT2D eigenvalue weighted by Crippen LogP contribution is 2.67. The van der Waals surface area contributed by atoms with Gasteiger partial charge in [-0.05, 0) is 48.9 Å². The molecular formula is C11H18. The van der Waals surface area contributed by atoms with Crippen LogP contribution in [-0.4, -0.2) is 0 Å². The van der Waals surface area contributed by atoms with Gasteiger partial charge >= 0.3 is 0 Å². The van der Waals surface area contributed by atoms with E-state index in [1.54, 1.807) is 19.3 Å². The van der Waals surface area contributed by atoms with Crippen molar-refractivity contribution in [2.24, 2.45) is 29.6 Å². The molecule has 4 saturated carbocycles. The van der Waals surface area contributed by atoms with Gasteiger partial charge < -0.3 is 0 Å². The molecule has 4 aliphatic carbocycles. The molecule has 11 heavy (non-hydrogen) atoms. The third-order valence-corrected chi connectivity index (χ3v) is 4.63. The van der Waals surface area contributed by atoms with E-state index < -0.39 is 0 Å². The van der Waals surface area contributed by atoms with Gasteiger partial charge in [0.05, 0.1) is 0 Å². The van der Waals surface area contributed by atoms with Gasteiger partial charge in [-0.15, -0.1) is 0 Å². The summed E-state index contributed by atoms with van der Waals surface area (Å²) in [6, 6.07) is 0. The third kappa shape index (κ3) is 0.666. The van der Waals surface area contributed by atoms with Crippen molar-refractivity contribution in [1.29, 1.82) is 0 Å². The summed E-state index contributed by atoms with van der Waals surface area (Å²) in [4.78, 5) is 0. The Morgan fingerprint density at radius 1 is 1.09 bits per heavy atom. The summed E-state index contributed by atoms with van der Waals surface area (Å²) in [5.41, 5.74) is 0. The molecule has 0 spiro atoms. The Bertz CT molecular complexity index is 167. The molecule has 3 unspecified atom stereocenters. The predicted molar refractivity (Wildman–Crippen MR) is 46.2 cm³/mol. The fourth-order valence-corrected chi connectivity index (χ4v) is 4.11. The van der Waals surface area contributed by atoms with E-state index >= 15 is 0 Å². The Kier molecular flexibility index (Phi) is 1.20. The zero-order valence-corrected chi connectivity index (χ0v) is 7.42. The first-order chi connectivity index (χ1) is 5.40. The number of hydrogen-bond acceptors (Lipinski definition) is 0. The average molecular weight is 150 g/mol. The van der Waals surface area contributed by atoms with Crippen molar-refractivity contribution in [3.8, 4) is 0 Å². The zero-order valence-electron chi connectivity index (χ0n) is 7.42. The van der Waals surface area contributed by atoms with Crippen LogP contribution in [0.2, 0.25) is 0 Å². The minimum atomic E-state index is 1.17. The molecule has 0 heterocycles. The van der Waals surface area contributed by atoms with Crippen molar-refractivity contribution >= 4 is 0 Å². The predicted octanol–water partition coefficient (Wildman–Crippen LogP) is 3.08. The van der Waals surface area contributed by atoms with Gasteiger partial charge in [-0.25, -0.2) is 0 Å². The van der Waals surface area contributed by atoms with Gasteiger partial charge in [0.2, 0.25) is 0 Å². The molecule has 62 valence electrons. The summed E-state index contributed by atoms with van der Waals surface area (Å²) in [6.07, 6.45) is 7.81. The molecule has 3 atom stereocenters. The topological polar surface area (TPSA) is 0 Å². The molecule has 4 aliphatic rings. The summed E-state index contributed by atoms with van der Waals surface area (Å²) in [5.74, 6) is 6.02. The second-order valence-corrected chi connectivity index (χ2v) is 5.02. The van der Waals surface area contributed by atoms with E-state index in [1.165, 1.54) is 42.4 Å². The smallest absolute Gasteiger partial charge is 0.0326 e. The monoisotopic (exact) mass is 150 g/mol. The first kappa shape index (κ1) is 6.51. The molecule has 0 aromatic carbocycles. The van der Waals surface area contributed by atoms with Crippen LogP contribution < -0.4 is 0 Å². The summed E-state index contributed by atoms with van der Waals surface area (Å²) in [7, 11) is 0. The van der Waals surface area contributed by atoms with Gasteiger partial charge in [0.15, 0.2) is 0 Å². The first-order valence-electron chi connectivity index (χ1n) is 5.40. The highest BCUT2D eigenvalue weighted by atomic mass is 14.6. The van der Waals surface area contributed by atoms with Gasteiger partial charge in [-0.3, -0.25) is 0 Å². The van der Waals surface area contributed by atoms with Crippen LogP contribution in [0.4, 0.5) is 0 Å². The summed E-state index contributed by atoms with van der Waals surface area (Å²) in [5, 5.41) is 0. The molecular weight excluding hydrogens is 132 g/mol. The van der Waals surface area contributed by atoms with Crippen LogP contribution in [0.25, 0.3) is 0 Å². The van der Waals surface area contributed by atoms with Crippen molar-refractivity contribution in [3.05, 3.63) is 0 Å². The van der Waals surface area contributed by atoms with Crippen LogP contribution in [0.3, 0.4) is 0 Å². The molecule has 0 aromatic rings. The Labute approximate surface area is 69.4 Å². The Morgan fingerprint density at radius 3 is 2.55 bits per heavy atom. The largest absolute Gasteiger partial charge is 0.0654 e. The molecule has 0 N–H and O–H groups in total. The molecule has 4 fully saturated rings. The van der Waals surface area contributed by atoms with E-state index in [1.807, 2.05) is 0 Å². The molecule has 2 bridgehead atoms. The van der Waals surface area contributed by atoms with Gasteiger partial charge in [0, 0.05) is 0 Å². The van der Waals surface area contributed by atoms with Gasteiger partial charge in [0.1, 0.15) is 0 Å². The lowest BCUT2D eigenvalue weighted by molar-refractivity contribution is 0.0880. The molecule has 4 rings (SSSR count). The Balaban J connectivity index is 1.69. The lowest BCUT2D eigenvalue weighted by Crippen LogP contribution is -2.33. The van der Waals surface area contributed by atoms with Gasteiger partial charge in [0.25, 0.3) is 0 Å². The van der Waals surface area contributed by atoms with Gasteiger partial charge in [-0.2, -0.15) is 0 Å². The van der Waals surface area contributed by atoms with E-state index in [0.29, 0.717) is 0 Å². The SMILES string of the molecule is CCCC1CC2C3CC(C3)C12. The normalized spacial score (nSPS) is 58.1. The van der Waals surface area contributed by atoms with Gasteiger partial charge in [-0.1, -0.05) is 19.8 Å². The molecule has 0 nitrogen and oxygen atoms in total. The fourth-order valence-electron chi connectivity index (χ4n) is 4.11. The average Bonchev–Trinajstić information content (AvgIpc) is 2.28. The van der Waals surface area contributed by atoms with Crippen molar-refractivity contribution < 1.29 is 0 Å². The van der Waals surface area contributed by atoms with E-state index in [4.69, 9.17) is 0 Å². The summed E-state index contributed by atoms with van der Waals surface area (Å²) >= 11 is 0. The molecule has 0 aliphatic heterocycles. The van der Waals surface area contributed by atoms with Crippen LogP contribution in [0.5, 0.6) is 0 Å². The standard InChI is InChI=1S/C11H18/c1-2-3-7-6-10-8-4-9(5-8)11(7)10/h7-11H,2-6H2,1H3. The van der Waals surface area contributed by atoms with Crippen LogP contribution in [0.15, 0.2) is 0 Å². The maximum atomic E-state index is 2.34. The van der Waals surface area contributed by atoms with Crippen LogP contribution >= 0.6 is 0 Å². The molecule has 0 radical (unpaired) electrons. The summed E-state index contributed by atoms with van der Waals surface area (Å²) < 4.78 is 0. The molecule has 0 saturated heterocycles. The highest BCUT2D eigenvalue weighted by Gasteiger charge is 2.59. The molecule has 0 aromatic heterocycles. The van der Waals surface area contributed by atoms with Crippen LogP contribution in [-0.2, 0) is 0 Å². The second kappa shape index (κ2) is 2.02.